The van der Waals surface area contributed by atoms with Crippen LogP contribution >= 0.6 is 0 Å². The van der Waals surface area contributed by atoms with Crippen LogP contribution in [0.4, 0.5) is 0 Å². The molecule has 0 saturated carbocycles. The molecule has 0 unspecified atom stereocenters. The molecule has 1 aromatic rings. The molecule has 0 heterocycles. The fraction of sp³-hybridized carbons (Fsp3) is 0.571. The summed E-state index contributed by atoms with van der Waals surface area (Å²) in [6, 6.07) is 8.71. The molecular weight excluding hydrogens is 198 g/mol. The Kier molecular flexibility index (Phi) is 6.12. The minimum Gasteiger partial charge on any atom is -0.396 e. The van der Waals surface area contributed by atoms with E-state index in [0.717, 1.165) is 25.9 Å². The van der Waals surface area contributed by atoms with E-state index in [2.05, 4.69) is 43.1 Å². The van der Waals surface area contributed by atoms with Gasteiger partial charge in [-0.05, 0) is 45.3 Å². The molecule has 0 atom stereocenters. The Labute approximate surface area is 98.9 Å². The highest BCUT2D eigenvalue weighted by molar-refractivity contribution is 5.21. The van der Waals surface area contributed by atoms with Gasteiger partial charge in [0.15, 0.2) is 0 Å². The molecule has 0 aromatic heterocycles. The summed E-state index contributed by atoms with van der Waals surface area (Å²) in [7, 11) is 2.15. The Morgan fingerprint density at radius 3 is 2.38 bits per heavy atom. The smallest absolute Gasteiger partial charge is 0.0431 e. The number of unbranched alkanes of at least 4 members (excludes halogenated alkanes) is 2. The molecule has 0 amide bonds. The zero-order valence-electron chi connectivity index (χ0n) is 10.4. The van der Waals surface area contributed by atoms with Crippen molar-refractivity contribution in [3.05, 3.63) is 35.4 Å². The van der Waals surface area contributed by atoms with Crippen LogP contribution in [0.25, 0.3) is 0 Å². The maximum absolute atomic E-state index is 8.68. The van der Waals surface area contributed by atoms with Gasteiger partial charge in [0.05, 0.1) is 0 Å². The lowest BCUT2D eigenvalue weighted by Crippen LogP contribution is -2.19. The second-order valence-electron chi connectivity index (χ2n) is 4.51. The lowest BCUT2D eigenvalue weighted by atomic mass is 10.1. The number of aliphatic hydroxyl groups is 1. The van der Waals surface area contributed by atoms with Gasteiger partial charge in [0.1, 0.15) is 0 Å². The summed E-state index contributed by atoms with van der Waals surface area (Å²) < 4.78 is 0. The first-order valence-electron chi connectivity index (χ1n) is 6.07. The minimum atomic E-state index is 0.321. The number of rotatable bonds is 7. The normalized spacial score (nSPS) is 11.0. The number of hydrogen-bond acceptors (Lipinski definition) is 2. The third-order valence-electron chi connectivity index (χ3n) is 2.77. The van der Waals surface area contributed by atoms with Crippen molar-refractivity contribution in [2.75, 3.05) is 20.2 Å². The van der Waals surface area contributed by atoms with Gasteiger partial charge >= 0.3 is 0 Å². The molecule has 2 heteroatoms. The van der Waals surface area contributed by atoms with Crippen molar-refractivity contribution in [2.24, 2.45) is 0 Å². The van der Waals surface area contributed by atoms with Gasteiger partial charge in [-0.15, -0.1) is 0 Å². The van der Waals surface area contributed by atoms with Crippen molar-refractivity contribution >= 4 is 0 Å². The van der Waals surface area contributed by atoms with Crippen LogP contribution in [-0.4, -0.2) is 30.2 Å². The van der Waals surface area contributed by atoms with Crippen molar-refractivity contribution in [1.29, 1.82) is 0 Å². The van der Waals surface area contributed by atoms with E-state index < -0.39 is 0 Å². The fourth-order valence-electron chi connectivity index (χ4n) is 1.75. The molecule has 1 rings (SSSR count). The molecule has 0 saturated heterocycles. The third kappa shape index (κ3) is 5.29. The Morgan fingerprint density at radius 1 is 1.06 bits per heavy atom. The number of aryl methyl sites for hydroxylation is 1. The number of hydrogen-bond donors (Lipinski definition) is 1. The van der Waals surface area contributed by atoms with Crippen LogP contribution in [0.2, 0.25) is 0 Å². The fourth-order valence-corrected chi connectivity index (χ4v) is 1.75. The lowest BCUT2D eigenvalue weighted by molar-refractivity contribution is 0.271. The first-order valence-corrected chi connectivity index (χ1v) is 6.07. The van der Waals surface area contributed by atoms with Gasteiger partial charge in [-0.2, -0.15) is 0 Å². The predicted octanol–water partition coefficient (Wildman–Crippen LogP) is 2.59. The van der Waals surface area contributed by atoms with Gasteiger partial charge in [0.2, 0.25) is 0 Å². The van der Waals surface area contributed by atoms with Gasteiger partial charge in [-0.1, -0.05) is 29.8 Å². The van der Waals surface area contributed by atoms with E-state index in [1.165, 1.54) is 17.5 Å². The quantitative estimate of drug-likeness (QED) is 0.715. The summed E-state index contributed by atoms with van der Waals surface area (Å²) in [5.74, 6) is 0. The topological polar surface area (TPSA) is 23.5 Å². The Bertz CT molecular complexity index is 281. The zero-order chi connectivity index (χ0) is 11.8. The Hall–Kier alpha value is -0.860. The number of benzene rings is 1. The molecule has 90 valence electrons. The van der Waals surface area contributed by atoms with E-state index >= 15 is 0 Å². The lowest BCUT2D eigenvalue weighted by Gasteiger charge is -2.16. The van der Waals surface area contributed by atoms with Crippen LogP contribution in [-0.2, 0) is 6.54 Å². The molecule has 0 radical (unpaired) electrons. The largest absolute Gasteiger partial charge is 0.396 e. The number of nitrogens with zero attached hydrogens (tertiary/aromatic N) is 1. The standard InChI is InChI=1S/C14H23NO/c1-13-6-8-14(9-7-13)12-15(2)10-4-3-5-11-16/h6-9,16H,3-5,10-12H2,1-2H3. The number of aliphatic hydroxyl groups excluding tert-OH is 1. The maximum atomic E-state index is 8.68. The van der Waals surface area contributed by atoms with Crippen LogP contribution < -0.4 is 0 Å². The molecule has 0 aliphatic heterocycles. The Balaban J connectivity index is 2.23. The first-order chi connectivity index (χ1) is 7.72. The summed E-state index contributed by atoms with van der Waals surface area (Å²) in [6.45, 7) is 4.55. The third-order valence-corrected chi connectivity index (χ3v) is 2.77. The summed E-state index contributed by atoms with van der Waals surface area (Å²) >= 11 is 0. The molecule has 0 fully saturated rings. The van der Waals surface area contributed by atoms with Gasteiger partial charge < -0.3 is 10.0 Å². The molecule has 0 aliphatic carbocycles. The maximum Gasteiger partial charge on any atom is 0.0431 e. The van der Waals surface area contributed by atoms with Crippen molar-refractivity contribution in [3.8, 4) is 0 Å². The van der Waals surface area contributed by atoms with E-state index in [4.69, 9.17) is 5.11 Å². The highest BCUT2D eigenvalue weighted by Gasteiger charge is 1.99. The summed E-state index contributed by atoms with van der Waals surface area (Å²) in [5, 5.41) is 8.68. The van der Waals surface area contributed by atoms with E-state index in [-0.39, 0.29) is 0 Å². The van der Waals surface area contributed by atoms with Gasteiger partial charge in [0.25, 0.3) is 0 Å². The molecule has 0 spiro atoms. The molecule has 1 N–H and O–H groups in total. The van der Waals surface area contributed by atoms with Gasteiger partial charge in [-0.25, -0.2) is 0 Å². The average molecular weight is 221 g/mol. The molecule has 0 aliphatic rings. The van der Waals surface area contributed by atoms with E-state index in [1.807, 2.05) is 0 Å². The van der Waals surface area contributed by atoms with Crippen LogP contribution in [0.15, 0.2) is 24.3 Å². The summed E-state index contributed by atoms with van der Waals surface area (Å²) in [6.07, 6.45) is 3.22. The monoisotopic (exact) mass is 221 g/mol. The zero-order valence-corrected chi connectivity index (χ0v) is 10.4. The van der Waals surface area contributed by atoms with Crippen molar-refractivity contribution in [3.63, 3.8) is 0 Å². The van der Waals surface area contributed by atoms with E-state index in [0.29, 0.717) is 6.61 Å². The van der Waals surface area contributed by atoms with Crippen LogP contribution in [0, 0.1) is 6.92 Å². The van der Waals surface area contributed by atoms with Gasteiger partial charge in [-0.3, -0.25) is 0 Å². The summed E-state index contributed by atoms with van der Waals surface area (Å²) in [4.78, 5) is 2.34. The van der Waals surface area contributed by atoms with Crippen molar-refractivity contribution in [1.82, 2.24) is 4.90 Å². The van der Waals surface area contributed by atoms with E-state index in [1.54, 1.807) is 0 Å². The summed E-state index contributed by atoms with van der Waals surface area (Å²) in [5.41, 5.74) is 2.68. The van der Waals surface area contributed by atoms with Crippen molar-refractivity contribution < 1.29 is 5.11 Å². The second-order valence-corrected chi connectivity index (χ2v) is 4.51. The molecule has 0 bridgehead atoms. The average Bonchev–Trinajstić information content (AvgIpc) is 2.28. The van der Waals surface area contributed by atoms with Crippen LogP contribution in [0.5, 0.6) is 0 Å². The van der Waals surface area contributed by atoms with Crippen LogP contribution in [0.3, 0.4) is 0 Å². The molecular formula is C14H23NO. The van der Waals surface area contributed by atoms with Gasteiger partial charge in [0, 0.05) is 13.2 Å². The molecule has 1 aromatic carbocycles. The Morgan fingerprint density at radius 2 is 1.75 bits per heavy atom. The predicted molar refractivity (Wildman–Crippen MR) is 68.4 cm³/mol. The minimum absolute atomic E-state index is 0.321. The molecule has 16 heavy (non-hydrogen) atoms. The van der Waals surface area contributed by atoms with Crippen LogP contribution in [0.1, 0.15) is 30.4 Å². The highest BCUT2D eigenvalue weighted by Crippen LogP contribution is 2.06. The van der Waals surface area contributed by atoms with Crippen molar-refractivity contribution in [2.45, 2.75) is 32.7 Å². The highest BCUT2D eigenvalue weighted by atomic mass is 16.2. The van der Waals surface area contributed by atoms with E-state index in [9.17, 15) is 0 Å². The molecule has 2 nitrogen and oxygen atoms in total. The first kappa shape index (κ1) is 13.2. The SMILES string of the molecule is Cc1ccc(CN(C)CCCCCO)cc1. The second kappa shape index (κ2) is 7.42.